The van der Waals surface area contributed by atoms with Crippen LogP contribution < -0.4 is 9.62 Å². The van der Waals surface area contributed by atoms with Gasteiger partial charge < -0.3 is 10.2 Å². The molecular weight excluding hydrogens is 485 g/mol. The minimum atomic E-state index is -3.81. The van der Waals surface area contributed by atoms with Crippen LogP contribution in [0.1, 0.15) is 31.9 Å². The Kier molecular flexibility index (Phi) is 9.17. The van der Waals surface area contributed by atoms with Gasteiger partial charge in [0.25, 0.3) is 0 Å². The fourth-order valence-electron chi connectivity index (χ4n) is 3.29. The molecule has 10 heteroatoms. The van der Waals surface area contributed by atoms with Crippen LogP contribution >= 0.6 is 23.2 Å². The smallest absolute Gasteiger partial charge is 0.244 e. The zero-order chi connectivity index (χ0) is 24.9. The van der Waals surface area contributed by atoms with E-state index in [2.05, 4.69) is 5.32 Å². The maximum absolute atomic E-state index is 13.5. The molecule has 0 aromatic heterocycles. The lowest BCUT2D eigenvalue weighted by atomic mass is 10.1. The molecule has 0 saturated heterocycles. The van der Waals surface area contributed by atoms with Gasteiger partial charge in [-0.2, -0.15) is 0 Å². The van der Waals surface area contributed by atoms with Crippen LogP contribution in [0.5, 0.6) is 0 Å². The van der Waals surface area contributed by atoms with E-state index >= 15 is 0 Å². The van der Waals surface area contributed by atoms with Gasteiger partial charge in [-0.3, -0.25) is 13.9 Å². The van der Waals surface area contributed by atoms with Gasteiger partial charge in [0.1, 0.15) is 12.6 Å². The summed E-state index contributed by atoms with van der Waals surface area (Å²) in [4.78, 5) is 27.5. The molecule has 0 aliphatic carbocycles. The predicted octanol–water partition coefficient (Wildman–Crippen LogP) is 4.01. The van der Waals surface area contributed by atoms with E-state index in [0.717, 1.165) is 10.6 Å². The average molecular weight is 514 g/mol. The molecule has 1 unspecified atom stereocenters. The third-order valence-electron chi connectivity index (χ3n) is 5.00. The average Bonchev–Trinajstić information content (AvgIpc) is 2.70. The van der Waals surface area contributed by atoms with E-state index in [1.807, 2.05) is 13.8 Å². The van der Waals surface area contributed by atoms with Crippen molar-refractivity contribution in [2.24, 2.45) is 0 Å². The molecule has 0 aliphatic heterocycles. The number of rotatable bonds is 9. The molecule has 2 rings (SSSR count). The second-order valence-electron chi connectivity index (χ2n) is 8.15. The second-order valence-corrected chi connectivity index (χ2v) is 10.9. The summed E-state index contributed by atoms with van der Waals surface area (Å²) < 4.78 is 26.2. The number of hydrogen-bond acceptors (Lipinski definition) is 4. The fourth-order valence-corrected chi connectivity index (χ4v) is 4.62. The van der Waals surface area contributed by atoms with Gasteiger partial charge in [-0.05, 0) is 63.1 Å². The van der Waals surface area contributed by atoms with Gasteiger partial charge in [0.15, 0.2) is 0 Å². The van der Waals surface area contributed by atoms with Crippen molar-refractivity contribution < 1.29 is 18.0 Å². The first-order chi connectivity index (χ1) is 15.3. The lowest BCUT2D eigenvalue weighted by Crippen LogP contribution is -2.52. The van der Waals surface area contributed by atoms with Gasteiger partial charge in [-0.1, -0.05) is 41.4 Å². The molecule has 2 aromatic rings. The van der Waals surface area contributed by atoms with Crippen molar-refractivity contribution in [1.82, 2.24) is 10.2 Å². The van der Waals surface area contributed by atoms with Crippen LogP contribution in [0.2, 0.25) is 10.0 Å². The van der Waals surface area contributed by atoms with Gasteiger partial charge >= 0.3 is 0 Å². The van der Waals surface area contributed by atoms with Gasteiger partial charge in [-0.15, -0.1) is 0 Å². The van der Waals surface area contributed by atoms with Crippen LogP contribution in [0.25, 0.3) is 0 Å². The van der Waals surface area contributed by atoms with Crippen LogP contribution in [0.3, 0.4) is 0 Å². The third-order valence-corrected chi connectivity index (χ3v) is 6.73. The molecule has 0 radical (unpaired) electrons. The van der Waals surface area contributed by atoms with E-state index in [0.29, 0.717) is 26.9 Å². The van der Waals surface area contributed by atoms with Crippen molar-refractivity contribution in [1.29, 1.82) is 0 Å². The number of carbonyl (C=O) groups is 2. The van der Waals surface area contributed by atoms with Crippen LogP contribution in [-0.4, -0.2) is 50.0 Å². The molecule has 1 N–H and O–H groups in total. The van der Waals surface area contributed by atoms with Crippen LogP contribution in [0.4, 0.5) is 5.69 Å². The molecule has 1 atom stereocenters. The maximum Gasteiger partial charge on any atom is 0.244 e. The number of aryl methyl sites for hydroxylation is 1. The fraction of sp³-hybridized carbons (Fsp3) is 0.391. The summed E-state index contributed by atoms with van der Waals surface area (Å²) in [5.41, 5.74) is 1.58. The van der Waals surface area contributed by atoms with Crippen molar-refractivity contribution in [3.05, 3.63) is 63.6 Å². The van der Waals surface area contributed by atoms with Gasteiger partial charge in [0.2, 0.25) is 21.8 Å². The number of benzene rings is 2. The summed E-state index contributed by atoms with van der Waals surface area (Å²) in [7, 11) is -3.81. The third kappa shape index (κ3) is 7.35. The highest BCUT2D eigenvalue weighted by molar-refractivity contribution is 7.92. The Morgan fingerprint density at radius 3 is 2.24 bits per heavy atom. The Bertz CT molecular complexity index is 1120. The summed E-state index contributed by atoms with van der Waals surface area (Å²) in [5, 5.41) is 3.70. The van der Waals surface area contributed by atoms with Crippen LogP contribution in [-0.2, 0) is 26.2 Å². The highest BCUT2D eigenvalue weighted by Crippen LogP contribution is 2.26. The number of hydrogen-bond donors (Lipinski definition) is 1. The monoisotopic (exact) mass is 513 g/mol. The highest BCUT2D eigenvalue weighted by Gasteiger charge is 2.31. The quantitative estimate of drug-likeness (QED) is 0.548. The minimum absolute atomic E-state index is 0.0440. The summed E-state index contributed by atoms with van der Waals surface area (Å²) in [5.74, 6) is -0.889. The summed E-state index contributed by atoms with van der Waals surface area (Å²) in [6.45, 7) is 6.52. The van der Waals surface area contributed by atoms with E-state index in [1.165, 1.54) is 4.90 Å². The number of sulfonamides is 1. The maximum atomic E-state index is 13.5. The number of carbonyl (C=O) groups excluding carboxylic acids is 2. The molecule has 2 amide bonds. The first kappa shape index (κ1) is 27.0. The van der Waals surface area contributed by atoms with E-state index < -0.39 is 28.5 Å². The minimum Gasteiger partial charge on any atom is -0.352 e. The molecular formula is C23H29Cl2N3O4S. The summed E-state index contributed by atoms with van der Waals surface area (Å²) in [6.07, 6.45) is 1.03. The normalized spacial score (nSPS) is 12.4. The topological polar surface area (TPSA) is 86.8 Å². The Hall–Kier alpha value is -2.29. The number of anilines is 1. The van der Waals surface area contributed by atoms with E-state index in [1.54, 1.807) is 56.3 Å². The SMILES string of the molecule is Cc1cc(Cl)ccc1N(CC(=O)N(Cc1ccccc1Cl)C(C)C(=O)NC(C)C)S(C)(=O)=O. The molecule has 0 saturated carbocycles. The summed E-state index contributed by atoms with van der Waals surface area (Å²) in [6, 6.07) is 10.8. The van der Waals surface area contributed by atoms with Gasteiger partial charge in [-0.25, -0.2) is 8.42 Å². The van der Waals surface area contributed by atoms with Crippen LogP contribution in [0.15, 0.2) is 42.5 Å². The van der Waals surface area contributed by atoms with Crippen LogP contribution in [0, 0.1) is 6.92 Å². The Balaban J connectivity index is 2.44. The van der Waals surface area contributed by atoms with Crippen molar-refractivity contribution in [2.75, 3.05) is 17.1 Å². The van der Waals surface area contributed by atoms with E-state index in [9.17, 15) is 18.0 Å². The standard InChI is InChI=1S/C23H29Cl2N3O4S/c1-15(2)26-23(30)17(4)27(13-18-8-6-7-9-20(18)25)22(29)14-28(33(5,31)32)21-11-10-19(24)12-16(21)3/h6-12,15,17H,13-14H2,1-5H3,(H,26,30). The molecule has 0 fully saturated rings. The van der Waals surface area contributed by atoms with Crippen molar-refractivity contribution in [3.8, 4) is 0 Å². The Labute approximate surface area is 205 Å². The first-order valence-electron chi connectivity index (χ1n) is 10.4. The van der Waals surface area contributed by atoms with E-state index in [-0.39, 0.29) is 18.5 Å². The molecule has 0 bridgehead atoms. The number of halogens is 2. The number of nitrogens with zero attached hydrogens (tertiary/aromatic N) is 2. The molecule has 0 aliphatic rings. The Morgan fingerprint density at radius 1 is 1.06 bits per heavy atom. The highest BCUT2D eigenvalue weighted by atomic mass is 35.5. The second kappa shape index (κ2) is 11.2. The molecule has 180 valence electrons. The molecule has 7 nitrogen and oxygen atoms in total. The predicted molar refractivity (Wildman–Crippen MR) is 133 cm³/mol. The molecule has 0 spiro atoms. The zero-order valence-corrected chi connectivity index (χ0v) is 21.6. The van der Waals surface area contributed by atoms with Crippen molar-refractivity contribution >= 4 is 50.7 Å². The zero-order valence-electron chi connectivity index (χ0n) is 19.3. The number of amides is 2. The lowest BCUT2D eigenvalue weighted by molar-refractivity contribution is -0.139. The first-order valence-corrected chi connectivity index (χ1v) is 13.0. The molecule has 33 heavy (non-hydrogen) atoms. The Morgan fingerprint density at radius 2 is 1.70 bits per heavy atom. The molecule has 2 aromatic carbocycles. The largest absolute Gasteiger partial charge is 0.352 e. The van der Waals surface area contributed by atoms with Crippen molar-refractivity contribution in [2.45, 2.75) is 46.3 Å². The lowest BCUT2D eigenvalue weighted by Gasteiger charge is -2.32. The van der Waals surface area contributed by atoms with Crippen molar-refractivity contribution in [3.63, 3.8) is 0 Å². The van der Waals surface area contributed by atoms with Gasteiger partial charge in [0, 0.05) is 22.6 Å². The van der Waals surface area contributed by atoms with E-state index in [4.69, 9.17) is 23.2 Å². The van der Waals surface area contributed by atoms with Gasteiger partial charge in [0.05, 0.1) is 11.9 Å². The summed E-state index contributed by atoms with van der Waals surface area (Å²) >= 11 is 12.3. The molecule has 0 heterocycles. The number of nitrogens with one attached hydrogen (secondary N) is 1.